The third kappa shape index (κ3) is 5.14. The maximum absolute atomic E-state index is 8.80. The number of thioether (sulfide) groups is 1. The standard InChI is InChI=1S/C15H19NO2S/c16-12-13-3-1-4-14(11-13)18-7-2-10-19-15-5-8-17-9-6-15/h1,3-4,11,15H,2,5-10H2. The fourth-order valence-corrected chi connectivity index (χ4v) is 3.14. The van der Waals surface area contributed by atoms with E-state index >= 15 is 0 Å². The molecule has 0 aliphatic carbocycles. The van der Waals surface area contributed by atoms with E-state index in [0.29, 0.717) is 12.2 Å². The van der Waals surface area contributed by atoms with Crippen molar-refractivity contribution >= 4 is 11.8 Å². The molecule has 2 rings (SSSR count). The van der Waals surface area contributed by atoms with Gasteiger partial charge in [0.05, 0.1) is 18.2 Å². The number of rotatable bonds is 6. The minimum atomic E-state index is 0.647. The first-order valence-electron chi connectivity index (χ1n) is 6.71. The molecule has 19 heavy (non-hydrogen) atoms. The Kier molecular flexibility index (Phi) is 6.06. The topological polar surface area (TPSA) is 42.2 Å². The molecular formula is C15H19NO2S. The zero-order valence-electron chi connectivity index (χ0n) is 11.0. The van der Waals surface area contributed by atoms with Crippen molar-refractivity contribution in [3.63, 3.8) is 0 Å². The Labute approximate surface area is 118 Å². The molecule has 0 N–H and O–H groups in total. The van der Waals surface area contributed by atoms with Crippen LogP contribution in [0.2, 0.25) is 0 Å². The summed E-state index contributed by atoms with van der Waals surface area (Å²) < 4.78 is 11.0. The highest BCUT2D eigenvalue weighted by atomic mass is 32.2. The molecule has 102 valence electrons. The highest BCUT2D eigenvalue weighted by molar-refractivity contribution is 7.99. The van der Waals surface area contributed by atoms with Crippen molar-refractivity contribution in [2.45, 2.75) is 24.5 Å². The average Bonchev–Trinajstić information content (AvgIpc) is 2.48. The number of benzene rings is 1. The fraction of sp³-hybridized carbons (Fsp3) is 0.533. The van der Waals surface area contributed by atoms with Crippen LogP contribution in [0.5, 0.6) is 5.75 Å². The van der Waals surface area contributed by atoms with E-state index < -0.39 is 0 Å². The predicted molar refractivity (Wildman–Crippen MR) is 77.6 cm³/mol. The molecule has 1 aliphatic rings. The Morgan fingerprint density at radius 3 is 3.00 bits per heavy atom. The fourth-order valence-electron chi connectivity index (χ4n) is 2.00. The maximum atomic E-state index is 8.80. The van der Waals surface area contributed by atoms with Gasteiger partial charge >= 0.3 is 0 Å². The van der Waals surface area contributed by atoms with E-state index in [1.807, 2.05) is 23.9 Å². The minimum Gasteiger partial charge on any atom is -0.494 e. The van der Waals surface area contributed by atoms with Gasteiger partial charge in [-0.15, -0.1) is 0 Å². The highest BCUT2D eigenvalue weighted by Crippen LogP contribution is 2.22. The molecule has 0 radical (unpaired) electrons. The van der Waals surface area contributed by atoms with Crippen LogP contribution in [0.15, 0.2) is 24.3 Å². The van der Waals surface area contributed by atoms with Crippen LogP contribution in [0.25, 0.3) is 0 Å². The van der Waals surface area contributed by atoms with Crippen LogP contribution < -0.4 is 4.74 Å². The van der Waals surface area contributed by atoms with E-state index in [0.717, 1.165) is 36.4 Å². The number of hydrogen-bond donors (Lipinski definition) is 0. The van der Waals surface area contributed by atoms with Crippen LogP contribution in [-0.2, 0) is 4.74 Å². The Morgan fingerprint density at radius 1 is 1.37 bits per heavy atom. The van der Waals surface area contributed by atoms with Crippen LogP contribution in [0.1, 0.15) is 24.8 Å². The lowest BCUT2D eigenvalue weighted by molar-refractivity contribution is 0.1000. The van der Waals surface area contributed by atoms with Gasteiger partial charge in [0.1, 0.15) is 5.75 Å². The lowest BCUT2D eigenvalue weighted by Crippen LogP contribution is -2.18. The van der Waals surface area contributed by atoms with Gasteiger partial charge in [-0.1, -0.05) is 6.07 Å². The summed E-state index contributed by atoms with van der Waals surface area (Å²) in [4.78, 5) is 0. The second-order valence-electron chi connectivity index (χ2n) is 4.52. The summed E-state index contributed by atoms with van der Waals surface area (Å²) >= 11 is 2.03. The number of hydrogen-bond acceptors (Lipinski definition) is 4. The SMILES string of the molecule is N#Cc1cccc(OCCCSC2CCOCC2)c1. The van der Waals surface area contributed by atoms with Gasteiger partial charge in [-0.3, -0.25) is 0 Å². The molecule has 0 atom stereocenters. The zero-order valence-corrected chi connectivity index (χ0v) is 11.8. The van der Waals surface area contributed by atoms with Crippen molar-refractivity contribution < 1.29 is 9.47 Å². The molecule has 0 saturated carbocycles. The van der Waals surface area contributed by atoms with Gasteiger partial charge in [0, 0.05) is 18.5 Å². The van der Waals surface area contributed by atoms with Crippen molar-refractivity contribution in [3.8, 4) is 11.8 Å². The second kappa shape index (κ2) is 8.08. The average molecular weight is 277 g/mol. The van der Waals surface area contributed by atoms with E-state index in [-0.39, 0.29) is 0 Å². The van der Waals surface area contributed by atoms with Gasteiger partial charge in [-0.25, -0.2) is 0 Å². The molecule has 1 aromatic rings. The molecule has 0 unspecified atom stereocenters. The largest absolute Gasteiger partial charge is 0.494 e. The number of nitrogens with zero attached hydrogens (tertiary/aromatic N) is 1. The molecule has 1 aliphatic heterocycles. The Balaban J connectivity index is 1.59. The Hall–Kier alpha value is -1.18. The minimum absolute atomic E-state index is 0.647. The Bertz CT molecular complexity index is 424. The third-order valence-electron chi connectivity index (χ3n) is 3.04. The summed E-state index contributed by atoms with van der Waals surface area (Å²) in [5.41, 5.74) is 0.647. The van der Waals surface area contributed by atoms with E-state index in [1.165, 1.54) is 12.8 Å². The molecule has 3 nitrogen and oxygen atoms in total. The smallest absolute Gasteiger partial charge is 0.120 e. The van der Waals surface area contributed by atoms with Gasteiger partial charge in [-0.2, -0.15) is 17.0 Å². The molecule has 0 bridgehead atoms. The van der Waals surface area contributed by atoms with Crippen LogP contribution in [0.3, 0.4) is 0 Å². The molecular weight excluding hydrogens is 258 g/mol. The van der Waals surface area contributed by atoms with Gasteiger partial charge in [0.2, 0.25) is 0 Å². The molecule has 1 fully saturated rings. The monoisotopic (exact) mass is 277 g/mol. The normalized spacial score (nSPS) is 15.9. The third-order valence-corrected chi connectivity index (χ3v) is 4.51. The van der Waals surface area contributed by atoms with E-state index in [1.54, 1.807) is 12.1 Å². The van der Waals surface area contributed by atoms with Crippen molar-refractivity contribution in [3.05, 3.63) is 29.8 Å². The lowest BCUT2D eigenvalue weighted by atomic mass is 10.2. The number of nitriles is 1. The van der Waals surface area contributed by atoms with E-state index in [2.05, 4.69) is 6.07 Å². The first-order chi connectivity index (χ1) is 9.38. The summed E-state index contributed by atoms with van der Waals surface area (Å²) in [6, 6.07) is 9.43. The summed E-state index contributed by atoms with van der Waals surface area (Å²) in [7, 11) is 0. The van der Waals surface area contributed by atoms with Crippen LogP contribution in [-0.4, -0.2) is 30.8 Å². The molecule has 1 heterocycles. The number of ether oxygens (including phenoxy) is 2. The van der Waals surface area contributed by atoms with Gasteiger partial charge in [-0.05, 0) is 43.2 Å². The highest BCUT2D eigenvalue weighted by Gasteiger charge is 2.13. The first kappa shape index (κ1) is 14.2. The summed E-state index contributed by atoms with van der Waals surface area (Å²) in [6.07, 6.45) is 3.39. The molecule has 4 heteroatoms. The maximum Gasteiger partial charge on any atom is 0.120 e. The molecule has 0 spiro atoms. The van der Waals surface area contributed by atoms with Gasteiger partial charge in [0.15, 0.2) is 0 Å². The molecule has 1 aromatic carbocycles. The Morgan fingerprint density at radius 2 is 2.21 bits per heavy atom. The van der Waals surface area contributed by atoms with Crippen molar-refractivity contribution in [2.24, 2.45) is 0 Å². The lowest BCUT2D eigenvalue weighted by Gasteiger charge is -2.21. The van der Waals surface area contributed by atoms with E-state index in [4.69, 9.17) is 14.7 Å². The predicted octanol–water partition coefficient (Wildman–Crippen LogP) is 3.24. The first-order valence-corrected chi connectivity index (χ1v) is 7.75. The van der Waals surface area contributed by atoms with Gasteiger partial charge < -0.3 is 9.47 Å². The summed E-state index contributed by atoms with van der Waals surface area (Å²) in [5, 5.41) is 9.56. The van der Waals surface area contributed by atoms with Crippen molar-refractivity contribution in [1.82, 2.24) is 0 Å². The van der Waals surface area contributed by atoms with Crippen molar-refractivity contribution in [2.75, 3.05) is 25.6 Å². The molecule has 0 amide bonds. The zero-order chi connectivity index (χ0) is 13.3. The van der Waals surface area contributed by atoms with Crippen molar-refractivity contribution in [1.29, 1.82) is 5.26 Å². The van der Waals surface area contributed by atoms with Crippen LogP contribution >= 0.6 is 11.8 Å². The quantitative estimate of drug-likeness (QED) is 0.749. The second-order valence-corrected chi connectivity index (χ2v) is 5.93. The van der Waals surface area contributed by atoms with E-state index in [9.17, 15) is 0 Å². The summed E-state index contributed by atoms with van der Waals surface area (Å²) in [5.74, 6) is 1.91. The van der Waals surface area contributed by atoms with Crippen LogP contribution in [0, 0.1) is 11.3 Å². The summed E-state index contributed by atoms with van der Waals surface area (Å²) in [6.45, 7) is 2.54. The molecule has 1 saturated heterocycles. The molecule has 0 aromatic heterocycles. The van der Waals surface area contributed by atoms with Crippen LogP contribution in [0.4, 0.5) is 0 Å². The van der Waals surface area contributed by atoms with Gasteiger partial charge in [0.25, 0.3) is 0 Å².